The van der Waals surface area contributed by atoms with Gasteiger partial charge in [-0.25, -0.2) is 12.8 Å². The van der Waals surface area contributed by atoms with Crippen molar-refractivity contribution >= 4 is 21.4 Å². The highest BCUT2D eigenvalue weighted by Gasteiger charge is 2.34. The Morgan fingerprint density at radius 1 is 1.03 bits per heavy atom. The molecule has 3 aromatic carbocycles. The highest BCUT2D eigenvalue weighted by atomic mass is 32.2. The zero-order chi connectivity index (χ0) is 24.3. The van der Waals surface area contributed by atoms with Crippen molar-refractivity contribution < 1.29 is 17.7 Å². The van der Waals surface area contributed by atoms with Gasteiger partial charge >= 0.3 is 0 Å². The molecule has 1 aliphatic heterocycles. The SMILES string of the molecule is Cc1cccc(S(=O)(=O)N(c2ccc(F)cc2)C2CCN(Cc3ccc([N+](=O)[O-])cc3)CC2)c1. The van der Waals surface area contributed by atoms with Gasteiger partial charge in [-0.3, -0.25) is 19.3 Å². The van der Waals surface area contributed by atoms with Gasteiger partial charge in [0.25, 0.3) is 15.7 Å². The van der Waals surface area contributed by atoms with Crippen molar-refractivity contribution in [3.63, 3.8) is 0 Å². The summed E-state index contributed by atoms with van der Waals surface area (Å²) in [7, 11) is -3.85. The molecule has 0 unspecified atom stereocenters. The molecule has 178 valence electrons. The van der Waals surface area contributed by atoms with Crippen LogP contribution >= 0.6 is 0 Å². The summed E-state index contributed by atoms with van der Waals surface area (Å²) < 4.78 is 42.4. The predicted molar refractivity (Wildman–Crippen MR) is 129 cm³/mol. The van der Waals surface area contributed by atoms with Crippen LogP contribution in [0, 0.1) is 22.9 Å². The lowest BCUT2D eigenvalue weighted by Crippen LogP contribution is -2.47. The molecule has 0 spiro atoms. The summed E-state index contributed by atoms with van der Waals surface area (Å²) in [6.45, 7) is 3.81. The van der Waals surface area contributed by atoms with E-state index in [1.165, 1.54) is 40.7 Å². The molecular weight excluding hydrogens is 457 g/mol. The van der Waals surface area contributed by atoms with E-state index in [0.29, 0.717) is 38.2 Å². The molecule has 4 rings (SSSR count). The Morgan fingerprint density at radius 2 is 1.68 bits per heavy atom. The third kappa shape index (κ3) is 5.26. The Morgan fingerprint density at radius 3 is 2.26 bits per heavy atom. The lowest BCUT2D eigenvalue weighted by atomic mass is 10.0. The number of nitrogens with zero attached hydrogens (tertiary/aromatic N) is 3. The summed E-state index contributed by atoms with van der Waals surface area (Å²) in [5, 5.41) is 10.9. The summed E-state index contributed by atoms with van der Waals surface area (Å²) in [5.74, 6) is -0.422. The number of aryl methyl sites for hydroxylation is 1. The standard InChI is InChI=1S/C25H26FN3O4S/c1-19-3-2-4-25(17-19)34(32,33)28(22-11-7-21(26)8-12-22)23-13-15-27(16-14-23)18-20-5-9-24(10-6-20)29(30)31/h2-12,17,23H,13-16,18H2,1H3. The van der Waals surface area contributed by atoms with Gasteiger partial charge in [0.2, 0.25) is 0 Å². The Balaban J connectivity index is 1.54. The third-order valence-corrected chi connectivity index (χ3v) is 7.95. The van der Waals surface area contributed by atoms with Gasteiger partial charge in [0, 0.05) is 37.8 Å². The number of sulfonamides is 1. The maximum absolute atomic E-state index is 13.7. The van der Waals surface area contributed by atoms with Gasteiger partial charge in [0.1, 0.15) is 5.82 Å². The minimum absolute atomic E-state index is 0.0544. The van der Waals surface area contributed by atoms with Crippen molar-refractivity contribution in [1.82, 2.24) is 4.90 Å². The average Bonchev–Trinajstić information content (AvgIpc) is 2.82. The largest absolute Gasteiger partial charge is 0.299 e. The number of non-ortho nitro benzene ring substituents is 1. The fourth-order valence-corrected chi connectivity index (χ4v) is 6.13. The second-order valence-corrected chi connectivity index (χ2v) is 10.3. The van der Waals surface area contributed by atoms with E-state index in [9.17, 15) is 22.9 Å². The first-order valence-corrected chi connectivity index (χ1v) is 12.5. The Labute approximate surface area is 198 Å². The number of piperidine rings is 1. The van der Waals surface area contributed by atoms with Crippen LogP contribution in [0.4, 0.5) is 15.8 Å². The first-order chi connectivity index (χ1) is 16.2. The van der Waals surface area contributed by atoms with E-state index < -0.39 is 20.8 Å². The van der Waals surface area contributed by atoms with Crippen molar-refractivity contribution in [2.45, 2.75) is 37.2 Å². The molecule has 34 heavy (non-hydrogen) atoms. The number of hydrogen-bond acceptors (Lipinski definition) is 5. The van der Waals surface area contributed by atoms with E-state index in [0.717, 1.165) is 11.1 Å². The molecule has 0 N–H and O–H groups in total. The van der Waals surface area contributed by atoms with Crippen LogP contribution in [0.3, 0.4) is 0 Å². The molecule has 1 heterocycles. The van der Waals surface area contributed by atoms with Crippen LogP contribution in [0.2, 0.25) is 0 Å². The normalized spacial score (nSPS) is 15.2. The van der Waals surface area contributed by atoms with Crippen molar-refractivity contribution in [3.8, 4) is 0 Å². The second-order valence-electron chi connectivity index (χ2n) is 8.52. The van der Waals surface area contributed by atoms with E-state index in [-0.39, 0.29) is 16.6 Å². The first kappa shape index (κ1) is 23.8. The third-order valence-electron chi connectivity index (χ3n) is 6.07. The molecule has 7 nitrogen and oxygen atoms in total. The summed E-state index contributed by atoms with van der Waals surface area (Å²) in [5.41, 5.74) is 2.31. The highest BCUT2D eigenvalue weighted by molar-refractivity contribution is 7.92. The molecule has 0 atom stereocenters. The van der Waals surface area contributed by atoms with E-state index in [1.807, 2.05) is 13.0 Å². The van der Waals surface area contributed by atoms with Crippen LogP contribution in [-0.2, 0) is 16.6 Å². The van der Waals surface area contributed by atoms with Gasteiger partial charge in [0.15, 0.2) is 0 Å². The van der Waals surface area contributed by atoms with Crippen LogP contribution < -0.4 is 4.31 Å². The van der Waals surface area contributed by atoms with Gasteiger partial charge in [-0.2, -0.15) is 0 Å². The molecule has 0 saturated carbocycles. The zero-order valence-electron chi connectivity index (χ0n) is 18.8. The van der Waals surface area contributed by atoms with Crippen LogP contribution in [0.25, 0.3) is 0 Å². The average molecular weight is 484 g/mol. The minimum atomic E-state index is -3.85. The number of benzene rings is 3. The summed E-state index contributed by atoms with van der Waals surface area (Å²) in [6, 6.07) is 18.6. The molecule has 1 saturated heterocycles. The Bertz CT molecular complexity index is 1260. The van der Waals surface area contributed by atoms with Gasteiger partial charge < -0.3 is 0 Å². The molecule has 3 aromatic rings. The number of anilines is 1. The molecule has 0 aliphatic carbocycles. The summed E-state index contributed by atoms with van der Waals surface area (Å²) in [6.07, 6.45) is 1.21. The Kier molecular flexibility index (Phi) is 6.95. The fraction of sp³-hybridized carbons (Fsp3) is 0.280. The van der Waals surface area contributed by atoms with Crippen LogP contribution in [0.5, 0.6) is 0 Å². The molecule has 0 bridgehead atoms. The van der Waals surface area contributed by atoms with Gasteiger partial charge in [0.05, 0.1) is 15.5 Å². The van der Waals surface area contributed by atoms with E-state index >= 15 is 0 Å². The maximum Gasteiger partial charge on any atom is 0.269 e. The smallest absolute Gasteiger partial charge is 0.269 e. The second kappa shape index (κ2) is 9.90. The fourth-order valence-electron chi connectivity index (χ4n) is 4.32. The number of nitro benzene ring substituents is 1. The first-order valence-electron chi connectivity index (χ1n) is 11.1. The highest BCUT2D eigenvalue weighted by Crippen LogP contribution is 2.31. The molecule has 0 aromatic heterocycles. The number of hydrogen-bond donors (Lipinski definition) is 0. The molecule has 1 fully saturated rings. The number of likely N-dealkylation sites (tertiary alicyclic amines) is 1. The quantitative estimate of drug-likeness (QED) is 0.353. The van der Waals surface area contributed by atoms with E-state index in [4.69, 9.17) is 0 Å². The molecule has 1 aliphatic rings. The number of halogens is 1. The lowest BCUT2D eigenvalue weighted by molar-refractivity contribution is -0.384. The molecule has 9 heteroatoms. The summed E-state index contributed by atoms with van der Waals surface area (Å²) >= 11 is 0. The topological polar surface area (TPSA) is 83.8 Å². The maximum atomic E-state index is 13.7. The van der Waals surface area contributed by atoms with E-state index in [2.05, 4.69) is 4.90 Å². The predicted octanol–water partition coefficient (Wildman–Crippen LogP) is 4.90. The van der Waals surface area contributed by atoms with Crippen LogP contribution in [0.1, 0.15) is 24.0 Å². The van der Waals surface area contributed by atoms with Crippen molar-refractivity contribution in [2.24, 2.45) is 0 Å². The lowest BCUT2D eigenvalue weighted by Gasteiger charge is -2.39. The van der Waals surface area contributed by atoms with Crippen molar-refractivity contribution in [3.05, 3.63) is 99.9 Å². The van der Waals surface area contributed by atoms with Crippen molar-refractivity contribution in [2.75, 3.05) is 17.4 Å². The van der Waals surface area contributed by atoms with Gasteiger partial charge in [-0.1, -0.05) is 24.3 Å². The summed E-state index contributed by atoms with van der Waals surface area (Å²) in [4.78, 5) is 12.9. The van der Waals surface area contributed by atoms with Gasteiger partial charge in [-0.05, 0) is 67.3 Å². The minimum Gasteiger partial charge on any atom is -0.299 e. The number of rotatable bonds is 7. The van der Waals surface area contributed by atoms with Crippen molar-refractivity contribution in [1.29, 1.82) is 0 Å². The van der Waals surface area contributed by atoms with E-state index in [1.54, 1.807) is 30.3 Å². The van der Waals surface area contributed by atoms with Crippen LogP contribution in [0.15, 0.2) is 77.7 Å². The molecule has 0 amide bonds. The van der Waals surface area contributed by atoms with Gasteiger partial charge in [-0.15, -0.1) is 0 Å². The molecular formula is C25H26FN3O4S. The number of nitro groups is 1. The van der Waals surface area contributed by atoms with Crippen LogP contribution in [-0.4, -0.2) is 37.4 Å². The molecule has 0 radical (unpaired) electrons. The Hall–Kier alpha value is -3.30. The monoisotopic (exact) mass is 483 g/mol. The zero-order valence-corrected chi connectivity index (χ0v) is 19.6.